The molecule has 5 heteroatoms. The van der Waals surface area contributed by atoms with Crippen molar-refractivity contribution in [2.75, 3.05) is 19.4 Å². The Kier molecular flexibility index (Phi) is 3.15. The first-order valence-electron chi connectivity index (χ1n) is 6.71. The molecule has 0 aliphatic carbocycles. The van der Waals surface area contributed by atoms with Gasteiger partial charge in [-0.3, -0.25) is 0 Å². The summed E-state index contributed by atoms with van der Waals surface area (Å²) in [5, 5.41) is 3.30. The first kappa shape index (κ1) is 13.1. The van der Waals surface area contributed by atoms with E-state index in [2.05, 4.69) is 5.32 Å². The van der Waals surface area contributed by atoms with Gasteiger partial charge in [0.15, 0.2) is 9.84 Å². The molecule has 104 valence electrons. The summed E-state index contributed by atoms with van der Waals surface area (Å²) in [6, 6.07) is 7.69. The molecule has 1 spiro atoms. The molecule has 4 nitrogen and oxygen atoms in total. The van der Waals surface area contributed by atoms with Crippen LogP contribution in [0.4, 0.5) is 0 Å². The number of fused-ring (bicyclic) bond motifs is 2. The molecule has 0 amide bonds. The summed E-state index contributed by atoms with van der Waals surface area (Å²) in [6.07, 6.45) is 2.38. The van der Waals surface area contributed by atoms with E-state index >= 15 is 0 Å². The molecular formula is C14H19NO3S. The molecule has 3 rings (SSSR count). The summed E-state index contributed by atoms with van der Waals surface area (Å²) in [5.74, 6) is 0.181. The highest BCUT2D eigenvalue weighted by Crippen LogP contribution is 2.44. The fourth-order valence-electron chi connectivity index (χ4n) is 3.22. The number of rotatable bonds is 1. The molecule has 0 saturated carbocycles. The van der Waals surface area contributed by atoms with Crippen LogP contribution in [0.15, 0.2) is 29.2 Å². The minimum Gasteiger partial charge on any atom is -0.370 e. The van der Waals surface area contributed by atoms with Gasteiger partial charge in [0.25, 0.3) is 0 Å². The van der Waals surface area contributed by atoms with Crippen LogP contribution < -0.4 is 5.32 Å². The lowest BCUT2D eigenvalue weighted by molar-refractivity contribution is -0.0986. The standard InChI is InChI=1S/C14H19NO3S/c1-15-11-6-8-18-14(10-11)7-9-19(16,17)13-5-3-2-4-12(13)14/h2-5,11,15H,6-10H2,1H3. The van der Waals surface area contributed by atoms with Gasteiger partial charge < -0.3 is 10.1 Å². The van der Waals surface area contributed by atoms with E-state index in [1.807, 2.05) is 19.2 Å². The van der Waals surface area contributed by atoms with E-state index in [-0.39, 0.29) is 5.75 Å². The maximum atomic E-state index is 12.2. The largest absolute Gasteiger partial charge is 0.370 e. The lowest BCUT2D eigenvalue weighted by atomic mass is 9.81. The van der Waals surface area contributed by atoms with Gasteiger partial charge in [-0.2, -0.15) is 0 Å². The van der Waals surface area contributed by atoms with Crippen molar-refractivity contribution in [2.24, 2.45) is 0 Å². The van der Waals surface area contributed by atoms with E-state index in [9.17, 15) is 8.42 Å². The Balaban J connectivity index is 2.09. The molecule has 0 aromatic heterocycles. The lowest BCUT2D eigenvalue weighted by Gasteiger charge is -2.44. The third kappa shape index (κ3) is 2.10. The van der Waals surface area contributed by atoms with Crippen molar-refractivity contribution in [3.05, 3.63) is 29.8 Å². The van der Waals surface area contributed by atoms with Gasteiger partial charge in [-0.1, -0.05) is 18.2 Å². The van der Waals surface area contributed by atoms with Crippen LogP contribution in [0.2, 0.25) is 0 Å². The van der Waals surface area contributed by atoms with Crippen LogP contribution in [0.1, 0.15) is 24.8 Å². The van der Waals surface area contributed by atoms with Crippen molar-refractivity contribution >= 4 is 9.84 Å². The topological polar surface area (TPSA) is 55.4 Å². The Morgan fingerprint density at radius 2 is 2.16 bits per heavy atom. The van der Waals surface area contributed by atoms with Gasteiger partial charge in [-0.25, -0.2) is 8.42 Å². The number of hydrogen-bond acceptors (Lipinski definition) is 4. The second-order valence-electron chi connectivity index (χ2n) is 5.39. The van der Waals surface area contributed by atoms with Crippen LogP contribution in [0.3, 0.4) is 0 Å². The Morgan fingerprint density at radius 3 is 2.95 bits per heavy atom. The summed E-state index contributed by atoms with van der Waals surface area (Å²) < 4.78 is 30.4. The molecule has 2 atom stereocenters. The van der Waals surface area contributed by atoms with E-state index < -0.39 is 15.4 Å². The smallest absolute Gasteiger partial charge is 0.178 e. The summed E-state index contributed by atoms with van der Waals surface area (Å²) in [6.45, 7) is 0.680. The molecule has 1 N–H and O–H groups in total. The zero-order valence-corrected chi connectivity index (χ0v) is 11.9. The third-order valence-corrected chi connectivity index (χ3v) is 6.08. The highest BCUT2D eigenvalue weighted by atomic mass is 32.2. The molecule has 0 radical (unpaired) electrons. The van der Waals surface area contributed by atoms with E-state index in [1.54, 1.807) is 12.1 Å². The molecule has 19 heavy (non-hydrogen) atoms. The molecule has 2 aliphatic heterocycles. The van der Waals surface area contributed by atoms with Gasteiger partial charge in [0.05, 0.1) is 16.2 Å². The van der Waals surface area contributed by atoms with Crippen LogP contribution >= 0.6 is 0 Å². The average molecular weight is 281 g/mol. The van der Waals surface area contributed by atoms with Gasteiger partial charge in [0.1, 0.15) is 0 Å². The van der Waals surface area contributed by atoms with Crippen molar-refractivity contribution < 1.29 is 13.2 Å². The molecule has 1 aromatic carbocycles. The van der Waals surface area contributed by atoms with Crippen LogP contribution in [-0.2, 0) is 20.2 Å². The fourth-order valence-corrected chi connectivity index (χ4v) is 4.92. The molecule has 1 saturated heterocycles. The Labute approximate surface area is 114 Å². The quantitative estimate of drug-likeness (QED) is 0.846. The van der Waals surface area contributed by atoms with Gasteiger partial charge >= 0.3 is 0 Å². The number of sulfone groups is 1. The number of nitrogens with one attached hydrogen (secondary N) is 1. The van der Waals surface area contributed by atoms with E-state index in [1.165, 1.54) is 0 Å². The zero-order chi connectivity index (χ0) is 13.5. The number of benzene rings is 1. The predicted molar refractivity (Wildman–Crippen MR) is 72.8 cm³/mol. The fraction of sp³-hybridized carbons (Fsp3) is 0.571. The van der Waals surface area contributed by atoms with E-state index in [4.69, 9.17) is 4.74 Å². The Bertz CT molecular complexity index is 584. The maximum absolute atomic E-state index is 12.2. The maximum Gasteiger partial charge on any atom is 0.178 e. The van der Waals surface area contributed by atoms with Crippen molar-refractivity contribution in [3.63, 3.8) is 0 Å². The Morgan fingerprint density at radius 1 is 1.37 bits per heavy atom. The van der Waals surface area contributed by atoms with Crippen molar-refractivity contribution in [1.29, 1.82) is 0 Å². The van der Waals surface area contributed by atoms with Gasteiger partial charge in [-0.15, -0.1) is 0 Å². The molecule has 2 aliphatic rings. The third-order valence-electron chi connectivity index (χ3n) is 4.32. The minimum absolute atomic E-state index is 0.181. The average Bonchev–Trinajstić information content (AvgIpc) is 2.44. The molecule has 1 fully saturated rings. The second kappa shape index (κ2) is 4.58. The Hall–Kier alpha value is -0.910. The molecule has 1 aromatic rings. The summed E-state index contributed by atoms with van der Waals surface area (Å²) in [7, 11) is -1.19. The molecule has 2 heterocycles. The van der Waals surface area contributed by atoms with Crippen molar-refractivity contribution in [1.82, 2.24) is 5.32 Å². The molecular weight excluding hydrogens is 262 g/mol. The number of hydrogen-bond donors (Lipinski definition) is 1. The van der Waals surface area contributed by atoms with E-state index in [0.29, 0.717) is 24.0 Å². The van der Waals surface area contributed by atoms with Crippen LogP contribution in [0.25, 0.3) is 0 Å². The molecule has 0 bridgehead atoms. The normalized spacial score (nSPS) is 33.0. The van der Waals surface area contributed by atoms with Crippen molar-refractivity contribution in [3.8, 4) is 0 Å². The van der Waals surface area contributed by atoms with Gasteiger partial charge in [0.2, 0.25) is 0 Å². The summed E-state index contributed by atoms with van der Waals surface area (Å²) >= 11 is 0. The second-order valence-corrected chi connectivity index (χ2v) is 7.46. The summed E-state index contributed by atoms with van der Waals surface area (Å²) in [4.78, 5) is 0.456. The monoisotopic (exact) mass is 281 g/mol. The highest BCUT2D eigenvalue weighted by molar-refractivity contribution is 7.91. The van der Waals surface area contributed by atoms with Crippen LogP contribution in [0, 0.1) is 0 Å². The molecule has 2 unspecified atom stereocenters. The summed E-state index contributed by atoms with van der Waals surface area (Å²) in [5.41, 5.74) is 0.426. The zero-order valence-electron chi connectivity index (χ0n) is 11.1. The first-order valence-corrected chi connectivity index (χ1v) is 8.36. The minimum atomic E-state index is -3.14. The SMILES string of the molecule is CNC1CCOC2(CCS(=O)(=O)c3ccccc32)C1. The van der Waals surface area contributed by atoms with Crippen LogP contribution in [0.5, 0.6) is 0 Å². The first-order chi connectivity index (χ1) is 9.07. The lowest BCUT2D eigenvalue weighted by Crippen LogP contribution is -2.47. The predicted octanol–water partition coefficient (Wildman–Crippen LogP) is 1.46. The van der Waals surface area contributed by atoms with E-state index in [0.717, 1.165) is 18.4 Å². The van der Waals surface area contributed by atoms with Gasteiger partial charge in [0, 0.05) is 18.2 Å². The highest BCUT2D eigenvalue weighted by Gasteiger charge is 2.45. The van der Waals surface area contributed by atoms with Crippen molar-refractivity contribution in [2.45, 2.75) is 35.8 Å². The van der Waals surface area contributed by atoms with Gasteiger partial charge in [-0.05, 0) is 32.4 Å². The number of ether oxygens (including phenoxy) is 1. The van der Waals surface area contributed by atoms with Crippen LogP contribution in [-0.4, -0.2) is 33.9 Å².